The molecule has 1 saturated carbocycles. The molecular formula is C23H21ClO6. The number of carbonyl (C=O) groups is 1. The Morgan fingerprint density at radius 1 is 1.20 bits per heavy atom. The average Bonchev–Trinajstić information content (AvgIpc) is 2.67. The van der Waals surface area contributed by atoms with Gasteiger partial charge in [0.15, 0.2) is 11.0 Å². The van der Waals surface area contributed by atoms with E-state index in [1.54, 1.807) is 18.2 Å². The van der Waals surface area contributed by atoms with Gasteiger partial charge in [-0.2, -0.15) is 0 Å². The third kappa shape index (κ3) is 4.20. The van der Waals surface area contributed by atoms with Crippen LogP contribution in [0.4, 0.5) is 0 Å². The number of rotatable bonds is 7. The molecule has 30 heavy (non-hydrogen) atoms. The van der Waals surface area contributed by atoms with Crippen LogP contribution in [0.3, 0.4) is 0 Å². The number of hydrogen-bond donors (Lipinski definition) is 1. The lowest BCUT2D eigenvalue weighted by Gasteiger charge is -2.32. The van der Waals surface area contributed by atoms with Gasteiger partial charge in [-0.25, -0.2) is 0 Å². The maximum absolute atomic E-state index is 12.5. The predicted octanol–water partition coefficient (Wildman–Crippen LogP) is 4.68. The first-order valence-electron chi connectivity index (χ1n) is 9.73. The second-order valence-electron chi connectivity index (χ2n) is 7.44. The molecule has 0 unspecified atom stereocenters. The van der Waals surface area contributed by atoms with Crippen LogP contribution in [0.15, 0.2) is 51.7 Å². The van der Waals surface area contributed by atoms with Crippen molar-refractivity contribution in [2.45, 2.75) is 25.9 Å². The van der Waals surface area contributed by atoms with Crippen LogP contribution in [0.2, 0.25) is 5.02 Å². The molecule has 7 heteroatoms. The van der Waals surface area contributed by atoms with Crippen molar-refractivity contribution in [3.63, 3.8) is 0 Å². The minimum atomic E-state index is -0.771. The molecular weight excluding hydrogens is 408 g/mol. The Morgan fingerprint density at radius 2 is 2.00 bits per heavy atom. The lowest BCUT2D eigenvalue weighted by atomic mass is 9.82. The van der Waals surface area contributed by atoms with Crippen molar-refractivity contribution < 1.29 is 23.8 Å². The molecule has 0 spiro atoms. The minimum absolute atomic E-state index is 0.0349. The van der Waals surface area contributed by atoms with Crippen LogP contribution in [0.1, 0.15) is 18.4 Å². The second-order valence-corrected chi connectivity index (χ2v) is 7.85. The Bertz CT molecular complexity index is 1150. The van der Waals surface area contributed by atoms with Gasteiger partial charge in [0.1, 0.15) is 18.1 Å². The first-order valence-corrected chi connectivity index (χ1v) is 10.1. The summed E-state index contributed by atoms with van der Waals surface area (Å²) < 4.78 is 17.5. The summed E-state index contributed by atoms with van der Waals surface area (Å²) in [5, 5.41) is 9.71. The van der Waals surface area contributed by atoms with Crippen molar-refractivity contribution >= 4 is 28.5 Å². The zero-order valence-electron chi connectivity index (χ0n) is 16.4. The fourth-order valence-corrected chi connectivity index (χ4v) is 3.71. The van der Waals surface area contributed by atoms with Gasteiger partial charge in [-0.1, -0.05) is 23.7 Å². The zero-order chi connectivity index (χ0) is 21.3. The molecule has 4 rings (SSSR count). The van der Waals surface area contributed by atoms with E-state index in [4.69, 9.17) is 30.6 Å². The van der Waals surface area contributed by atoms with Gasteiger partial charge in [-0.15, -0.1) is 0 Å². The van der Waals surface area contributed by atoms with Gasteiger partial charge in [0.2, 0.25) is 0 Å². The monoisotopic (exact) mass is 428 g/mol. The van der Waals surface area contributed by atoms with E-state index in [9.17, 15) is 9.59 Å². The number of benzene rings is 2. The van der Waals surface area contributed by atoms with E-state index in [0.29, 0.717) is 59.1 Å². The van der Waals surface area contributed by atoms with Gasteiger partial charge in [0.05, 0.1) is 34.6 Å². The van der Waals surface area contributed by atoms with Crippen LogP contribution in [0, 0.1) is 12.8 Å². The number of halogens is 1. The van der Waals surface area contributed by atoms with Crippen molar-refractivity contribution in [1.29, 1.82) is 0 Å². The molecule has 1 fully saturated rings. The Morgan fingerprint density at radius 3 is 2.77 bits per heavy atom. The maximum atomic E-state index is 12.5. The summed E-state index contributed by atoms with van der Waals surface area (Å²) in [6.45, 7) is 2.59. The molecule has 0 atom stereocenters. The van der Waals surface area contributed by atoms with Gasteiger partial charge in [-0.05, 0) is 49.6 Å². The first kappa shape index (κ1) is 20.4. The summed E-state index contributed by atoms with van der Waals surface area (Å²) >= 11 is 6.22. The fourth-order valence-electron chi connectivity index (χ4n) is 3.50. The highest BCUT2D eigenvalue weighted by Crippen LogP contribution is 2.34. The van der Waals surface area contributed by atoms with Crippen molar-refractivity contribution in [1.82, 2.24) is 0 Å². The lowest BCUT2D eigenvalue weighted by molar-refractivity contribution is -0.151. The lowest BCUT2D eigenvalue weighted by Crippen LogP contribution is -2.37. The van der Waals surface area contributed by atoms with Crippen molar-refractivity contribution in [2.75, 3.05) is 13.2 Å². The van der Waals surface area contributed by atoms with Crippen molar-refractivity contribution in [2.24, 2.45) is 5.92 Å². The highest BCUT2D eigenvalue weighted by atomic mass is 35.5. The number of hydrogen-bond acceptors (Lipinski definition) is 5. The smallest absolute Gasteiger partial charge is 0.306 e. The average molecular weight is 429 g/mol. The van der Waals surface area contributed by atoms with E-state index in [-0.39, 0.29) is 17.5 Å². The number of aryl methyl sites for hydroxylation is 1. The molecule has 0 aliphatic heterocycles. The number of para-hydroxylation sites is 1. The molecule has 1 aliphatic carbocycles. The van der Waals surface area contributed by atoms with Gasteiger partial charge in [0, 0.05) is 6.07 Å². The van der Waals surface area contributed by atoms with Crippen molar-refractivity contribution in [3.05, 3.63) is 63.3 Å². The number of carboxylic acid groups (broad SMARTS) is 1. The second kappa shape index (κ2) is 8.50. The Balaban J connectivity index is 1.50. The standard InChI is InChI=1S/C23H21ClO6/c1-13-5-6-17(21-12-19(25)16-3-2-4-18(24)22(16)30-21)20(9-13)29-8-7-28-15-10-14(11-15)23(26)27/h2-6,9,12,14-15H,7-8,10-11H2,1H3,(H,26,27)/t14-,15+. The summed E-state index contributed by atoms with van der Waals surface area (Å²) in [5.41, 5.74) is 1.81. The molecule has 0 bridgehead atoms. The molecule has 1 aliphatic rings. The SMILES string of the molecule is Cc1ccc(-c2cc(=O)c3cccc(Cl)c3o2)c(OCCO[C@H]2C[C@@H](C(=O)O)C2)c1. The number of carboxylic acids is 1. The third-order valence-corrected chi connectivity index (χ3v) is 5.55. The maximum Gasteiger partial charge on any atom is 0.306 e. The van der Waals surface area contributed by atoms with E-state index in [1.807, 2.05) is 25.1 Å². The number of fused-ring (bicyclic) bond motifs is 1. The summed E-state index contributed by atoms with van der Waals surface area (Å²) in [7, 11) is 0. The predicted molar refractivity (Wildman–Crippen MR) is 113 cm³/mol. The Labute approximate surface area is 178 Å². The summed E-state index contributed by atoms with van der Waals surface area (Å²) in [6.07, 6.45) is 1.04. The molecule has 1 aromatic heterocycles. The fraction of sp³-hybridized carbons (Fsp3) is 0.304. The van der Waals surface area contributed by atoms with Gasteiger partial charge >= 0.3 is 5.97 Å². The molecule has 0 amide bonds. The highest BCUT2D eigenvalue weighted by molar-refractivity contribution is 6.34. The quantitative estimate of drug-likeness (QED) is 0.550. The summed E-state index contributed by atoms with van der Waals surface area (Å²) in [6, 6.07) is 12.1. The zero-order valence-corrected chi connectivity index (χ0v) is 17.1. The van der Waals surface area contributed by atoms with Crippen LogP contribution < -0.4 is 10.2 Å². The van der Waals surface area contributed by atoms with Crippen molar-refractivity contribution in [3.8, 4) is 17.1 Å². The van der Waals surface area contributed by atoms with Crippen LogP contribution in [-0.2, 0) is 9.53 Å². The van der Waals surface area contributed by atoms with E-state index in [1.165, 1.54) is 6.07 Å². The van der Waals surface area contributed by atoms with Crippen LogP contribution in [0.5, 0.6) is 5.75 Å². The van der Waals surface area contributed by atoms with E-state index in [0.717, 1.165) is 5.56 Å². The topological polar surface area (TPSA) is 86.0 Å². The van der Waals surface area contributed by atoms with E-state index >= 15 is 0 Å². The number of ether oxygens (including phenoxy) is 2. The van der Waals surface area contributed by atoms with Crippen LogP contribution in [-0.4, -0.2) is 30.4 Å². The van der Waals surface area contributed by atoms with Crippen LogP contribution >= 0.6 is 11.6 Å². The minimum Gasteiger partial charge on any atom is -0.490 e. The molecule has 0 saturated heterocycles. The Hall–Kier alpha value is -2.83. The van der Waals surface area contributed by atoms with Gasteiger partial charge < -0.3 is 19.0 Å². The first-order chi connectivity index (χ1) is 14.4. The highest BCUT2D eigenvalue weighted by Gasteiger charge is 2.34. The van der Waals surface area contributed by atoms with Gasteiger partial charge in [-0.3, -0.25) is 9.59 Å². The van der Waals surface area contributed by atoms with E-state index in [2.05, 4.69) is 0 Å². The summed E-state index contributed by atoms with van der Waals surface area (Å²) in [5.74, 6) is -0.126. The molecule has 2 aromatic carbocycles. The molecule has 6 nitrogen and oxygen atoms in total. The van der Waals surface area contributed by atoms with Gasteiger partial charge in [0.25, 0.3) is 0 Å². The summed E-state index contributed by atoms with van der Waals surface area (Å²) in [4.78, 5) is 23.4. The van der Waals surface area contributed by atoms with Crippen LogP contribution in [0.25, 0.3) is 22.3 Å². The molecule has 1 N–H and O–H groups in total. The normalized spacial score (nSPS) is 18.2. The van der Waals surface area contributed by atoms with E-state index < -0.39 is 5.97 Å². The molecule has 0 radical (unpaired) electrons. The molecule has 156 valence electrons. The molecule has 1 heterocycles. The number of aliphatic carboxylic acids is 1. The third-order valence-electron chi connectivity index (χ3n) is 5.25. The molecule has 3 aromatic rings. The Kier molecular flexibility index (Phi) is 5.79. The largest absolute Gasteiger partial charge is 0.490 e.